The number of nitrogens with two attached hydrogens (primary N) is 2. The number of aliphatic imine (C=N–C) groups is 1. The summed E-state index contributed by atoms with van der Waals surface area (Å²) in [7, 11) is 0. The first-order chi connectivity index (χ1) is 4.77. The first-order valence-electron chi connectivity index (χ1n) is 3.12. The lowest BCUT2D eigenvalue weighted by molar-refractivity contribution is 0.753. The second-order valence-electron chi connectivity index (χ2n) is 1.87. The van der Waals surface area contributed by atoms with Gasteiger partial charge in [-0.25, -0.2) is 0 Å². The molecule has 5 nitrogen and oxygen atoms in total. The van der Waals surface area contributed by atoms with Crippen LogP contribution in [0.1, 0.15) is 12.8 Å². The molecule has 0 amide bonds. The summed E-state index contributed by atoms with van der Waals surface area (Å²) >= 11 is 0. The summed E-state index contributed by atoms with van der Waals surface area (Å²) in [5.74, 6) is 0.0964. The van der Waals surface area contributed by atoms with E-state index in [1.54, 1.807) is 0 Å². The van der Waals surface area contributed by atoms with Gasteiger partial charge in [0.15, 0.2) is 5.96 Å². The summed E-state index contributed by atoms with van der Waals surface area (Å²) in [4.78, 5) is 13.3. The number of nitrogens with zero attached hydrogens (tertiary/aromatic N) is 2. The molecule has 0 unspecified atom stereocenters. The predicted octanol–water partition coefficient (Wildman–Crippen LogP) is -0.194. The highest BCUT2D eigenvalue weighted by Gasteiger charge is 1.85. The third-order valence-corrected chi connectivity index (χ3v) is 0.952. The maximum Gasteiger partial charge on any atom is 0.185 e. The first kappa shape index (κ1) is 8.87. The van der Waals surface area contributed by atoms with Gasteiger partial charge in [0.1, 0.15) is 0 Å². The highest BCUT2D eigenvalue weighted by atomic mass is 16.3. The molecule has 0 aliphatic heterocycles. The molecular weight excluding hydrogens is 132 g/mol. The molecule has 0 aromatic carbocycles. The highest BCUT2D eigenvalue weighted by molar-refractivity contribution is 5.75. The van der Waals surface area contributed by atoms with E-state index in [0.29, 0.717) is 13.1 Å². The van der Waals surface area contributed by atoms with Gasteiger partial charge < -0.3 is 11.5 Å². The fourth-order valence-corrected chi connectivity index (χ4v) is 0.496. The quantitative estimate of drug-likeness (QED) is 0.242. The number of nitroso groups, excluding NO2 is 1. The summed E-state index contributed by atoms with van der Waals surface area (Å²) < 4.78 is 0. The molecule has 0 aliphatic carbocycles. The van der Waals surface area contributed by atoms with Crippen LogP contribution in [-0.2, 0) is 0 Å². The number of hydrogen-bond donors (Lipinski definition) is 2. The maximum atomic E-state index is 9.57. The zero-order chi connectivity index (χ0) is 7.82. The Bertz CT molecular complexity index is 119. The molecule has 0 rings (SSSR count). The van der Waals surface area contributed by atoms with Crippen molar-refractivity contribution in [2.24, 2.45) is 21.6 Å². The van der Waals surface area contributed by atoms with E-state index >= 15 is 0 Å². The van der Waals surface area contributed by atoms with Crippen LogP contribution in [0.25, 0.3) is 0 Å². The van der Waals surface area contributed by atoms with Crippen LogP contribution in [-0.4, -0.2) is 19.0 Å². The van der Waals surface area contributed by atoms with E-state index in [9.17, 15) is 4.91 Å². The van der Waals surface area contributed by atoms with Gasteiger partial charge in [-0.3, -0.25) is 4.99 Å². The van der Waals surface area contributed by atoms with Crippen LogP contribution in [0, 0.1) is 4.91 Å². The standard InChI is InChI=1S/C5H12N4O/c6-5(7)8-3-1-2-4-9-10/h1-4H2,(H4,6,7,8). The van der Waals surface area contributed by atoms with Gasteiger partial charge in [-0.15, -0.1) is 0 Å². The minimum atomic E-state index is 0.0964. The SMILES string of the molecule is NC(N)=NCCCCN=O. The Morgan fingerprint density at radius 1 is 1.20 bits per heavy atom. The smallest absolute Gasteiger partial charge is 0.185 e. The average molecular weight is 144 g/mol. The van der Waals surface area contributed by atoms with Crippen molar-refractivity contribution in [3.63, 3.8) is 0 Å². The second kappa shape index (κ2) is 6.00. The van der Waals surface area contributed by atoms with Gasteiger partial charge in [0.2, 0.25) is 0 Å². The van der Waals surface area contributed by atoms with Gasteiger partial charge in [-0.1, -0.05) is 5.18 Å². The summed E-state index contributed by atoms with van der Waals surface area (Å²) in [6.07, 6.45) is 1.56. The van der Waals surface area contributed by atoms with Crippen molar-refractivity contribution in [1.29, 1.82) is 0 Å². The van der Waals surface area contributed by atoms with Crippen LogP contribution in [0.4, 0.5) is 0 Å². The minimum Gasteiger partial charge on any atom is -0.370 e. The molecule has 0 fully saturated rings. The van der Waals surface area contributed by atoms with Crippen LogP contribution in [0.2, 0.25) is 0 Å². The van der Waals surface area contributed by atoms with Gasteiger partial charge in [0.05, 0.1) is 6.54 Å². The van der Waals surface area contributed by atoms with E-state index in [1.807, 2.05) is 0 Å². The molecule has 58 valence electrons. The molecule has 10 heavy (non-hydrogen) atoms. The average Bonchev–Trinajstić information content (AvgIpc) is 1.87. The molecule has 0 aromatic rings. The normalized spacial score (nSPS) is 8.80. The Kier molecular flexibility index (Phi) is 5.32. The zero-order valence-electron chi connectivity index (χ0n) is 5.79. The Hall–Kier alpha value is -1.13. The highest BCUT2D eigenvalue weighted by Crippen LogP contribution is 1.88. The monoisotopic (exact) mass is 144 g/mol. The molecule has 0 bridgehead atoms. The van der Waals surface area contributed by atoms with Gasteiger partial charge in [-0.05, 0) is 12.8 Å². The van der Waals surface area contributed by atoms with Gasteiger partial charge in [-0.2, -0.15) is 4.91 Å². The van der Waals surface area contributed by atoms with Crippen LogP contribution in [0.5, 0.6) is 0 Å². The third-order valence-electron chi connectivity index (χ3n) is 0.952. The lowest BCUT2D eigenvalue weighted by atomic mass is 10.3. The minimum absolute atomic E-state index is 0.0964. The molecule has 0 aliphatic rings. The summed E-state index contributed by atoms with van der Waals surface area (Å²) in [6, 6.07) is 0. The molecular formula is C5H12N4O. The molecule has 0 spiro atoms. The van der Waals surface area contributed by atoms with Crippen LogP contribution in [0.3, 0.4) is 0 Å². The van der Waals surface area contributed by atoms with Crippen LogP contribution >= 0.6 is 0 Å². The van der Waals surface area contributed by atoms with Gasteiger partial charge >= 0.3 is 0 Å². The Morgan fingerprint density at radius 2 is 1.80 bits per heavy atom. The van der Waals surface area contributed by atoms with Crippen molar-refractivity contribution in [2.45, 2.75) is 12.8 Å². The van der Waals surface area contributed by atoms with Crippen molar-refractivity contribution >= 4 is 5.96 Å². The largest absolute Gasteiger partial charge is 0.370 e. The van der Waals surface area contributed by atoms with E-state index in [0.717, 1.165) is 12.8 Å². The number of rotatable bonds is 5. The van der Waals surface area contributed by atoms with Crippen molar-refractivity contribution in [2.75, 3.05) is 13.1 Å². The number of hydrogen-bond acceptors (Lipinski definition) is 3. The van der Waals surface area contributed by atoms with Crippen LogP contribution < -0.4 is 11.5 Å². The van der Waals surface area contributed by atoms with E-state index in [2.05, 4.69) is 10.2 Å². The second-order valence-corrected chi connectivity index (χ2v) is 1.87. The Balaban J connectivity index is 3.05. The number of guanidine groups is 1. The molecule has 4 N–H and O–H groups in total. The summed E-state index contributed by atoms with van der Waals surface area (Å²) in [5, 5.41) is 2.69. The van der Waals surface area contributed by atoms with Crippen LogP contribution in [0.15, 0.2) is 10.2 Å². The van der Waals surface area contributed by atoms with Crippen molar-refractivity contribution < 1.29 is 0 Å². The molecule has 5 heteroatoms. The van der Waals surface area contributed by atoms with E-state index < -0.39 is 0 Å². The summed E-state index contributed by atoms with van der Waals surface area (Å²) in [5.41, 5.74) is 10.1. The topological polar surface area (TPSA) is 93.8 Å². The molecule has 0 aromatic heterocycles. The first-order valence-corrected chi connectivity index (χ1v) is 3.12. The fraction of sp³-hybridized carbons (Fsp3) is 0.800. The third kappa shape index (κ3) is 6.87. The fourth-order valence-electron chi connectivity index (χ4n) is 0.496. The zero-order valence-corrected chi connectivity index (χ0v) is 5.79. The molecule has 0 heterocycles. The van der Waals surface area contributed by atoms with E-state index in [4.69, 9.17) is 11.5 Å². The van der Waals surface area contributed by atoms with Gasteiger partial charge in [0, 0.05) is 6.54 Å². The predicted molar refractivity (Wildman–Crippen MR) is 40.6 cm³/mol. The molecule has 0 atom stereocenters. The van der Waals surface area contributed by atoms with Crippen molar-refractivity contribution in [3.8, 4) is 0 Å². The maximum absolute atomic E-state index is 9.57. The molecule has 0 radical (unpaired) electrons. The Morgan fingerprint density at radius 3 is 2.30 bits per heavy atom. The Labute approximate surface area is 59.5 Å². The van der Waals surface area contributed by atoms with Gasteiger partial charge in [0.25, 0.3) is 0 Å². The van der Waals surface area contributed by atoms with Crippen molar-refractivity contribution in [3.05, 3.63) is 4.91 Å². The van der Waals surface area contributed by atoms with Crippen molar-refractivity contribution in [1.82, 2.24) is 0 Å². The molecule has 0 saturated carbocycles. The number of unbranched alkanes of at least 4 members (excludes halogenated alkanes) is 1. The summed E-state index contributed by atoms with van der Waals surface area (Å²) in [6.45, 7) is 0.928. The van der Waals surface area contributed by atoms with E-state index in [1.165, 1.54) is 0 Å². The molecule has 0 saturated heterocycles. The van der Waals surface area contributed by atoms with E-state index in [-0.39, 0.29) is 5.96 Å². The lowest BCUT2D eigenvalue weighted by Gasteiger charge is -1.91. The lowest BCUT2D eigenvalue weighted by Crippen LogP contribution is -2.22.